The molecular weight excluding hydrogens is 492 g/mol. The van der Waals surface area contributed by atoms with Gasteiger partial charge in [-0.15, -0.1) is 0 Å². The smallest absolute Gasteiger partial charge is 0.176 e. The Morgan fingerprint density at radius 2 is 1.45 bits per heavy atom. The van der Waals surface area contributed by atoms with Crippen LogP contribution >= 0.6 is 11.6 Å². The zero-order valence-electron chi connectivity index (χ0n) is 21.4. The van der Waals surface area contributed by atoms with Crippen LogP contribution in [0.5, 0.6) is 0 Å². The lowest BCUT2D eigenvalue weighted by atomic mass is 9.71. The van der Waals surface area contributed by atoms with Gasteiger partial charge in [0.1, 0.15) is 0 Å². The van der Waals surface area contributed by atoms with Crippen molar-refractivity contribution < 1.29 is 9.63 Å². The number of carbonyl (C=O) groups is 1. The van der Waals surface area contributed by atoms with E-state index in [2.05, 4.69) is 54.3 Å². The van der Waals surface area contributed by atoms with Crippen LogP contribution in [-0.2, 0) is 9.63 Å². The fourth-order valence-electron chi connectivity index (χ4n) is 6.14. The summed E-state index contributed by atoms with van der Waals surface area (Å²) in [5.74, 6) is -0.185. The summed E-state index contributed by atoms with van der Waals surface area (Å²) in [6.07, 6.45) is 0.419. The SMILES string of the molecule is C[C@H](c1ccccc1)N1CCC(=O)[C@@]2(C1)ON(c1ccccc1)[C@H](c1ccccc1)[C@@H]2c1ccccc1Cl. The molecule has 0 radical (unpaired) electrons. The molecule has 2 aliphatic rings. The predicted molar refractivity (Wildman–Crippen MR) is 152 cm³/mol. The first kappa shape index (κ1) is 24.9. The number of likely N-dealkylation sites (tertiary alicyclic amines) is 1. The zero-order chi connectivity index (χ0) is 26.1. The highest BCUT2D eigenvalue weighted by molar-refractivity contribution is 6.31. The van der Waals surface area contributed by atoms with Crippen molar-refractivity contribution in [2.75, 3.05) is 18.2 Å². The van der Waals surface area contributed by atoms with Crippen molar-refractivity contribution in [3.8, 4) is 0 Å². The minimum Gasteiger partial charge on any atom is -0.296 e. The molecule has 6 rings (SSSR count). The lowest BCUT2D eigenvalue weighted by Crippen LogP contribution is -2.58. The molecule has 0 N–H and O–H groups in total. The monoisotopic (exact) mass is 522 g/mol. The third-order valence-corrected chi connectivity index (χ3v) is 8.43. The number of anilines is 1. The third-order valence-electron chi connectivity index (χ3n) is 8.09. The van der Waals surface area contributed by atoms with Crippen LogP contribution in [0.3, 0.4) is 0 Å². The van der Waals surface area contributed by atoms with Gasteiger partial charge in [0, 0.05) is 30.6 Å². The number of para-hydroxylation sites is 1. The number of halogens is 1. The Labute approximate surface area is 229 Å². The molecule has 192 valence electrons. The lowest BCUT2D eigenvalue weighted by Gasteiger charge is -2.43. The molecule has 5 heteroatoms. The molecule has 4 aromatic carbocycles. The van der Waals surface area contributed by atoms with Crippen molar-refractivity contribution >= 4 is 23.1 Å². The van der Waals surface area contributed by atoms with Crippen LogP contribution in [0.4, 0.5) is 5.69 Å². The number of piperidine rings is 1. The van der Waals surface area contributed by atoms with E-state index in [1.807, 2.05) is 77.9 Å². The van der Waals surface area contributed by atoms with Gasteiger partial charge in [0.05, 0.1) is 17.6 Å². The molecule has 2 fully saturated rings. The summed E-state index contributed by atoms with van der Waals surface area (Å²) in [7, 11) is 0. The highest BCUT2D eigenvalue weighted by atomic mass is 35.5. The summed E-state index contributed by atoms with van der Waals surface area (Å²) >= 11 is 6.90. The molecule has 0 aromatic heterocycles. The number of hydroxylamine groups is 1. The summed E-state index contributed by atoms with van der Waals surface area (Å²) in [5.41, 5.74) is 3.06. The highest BCUT2D eigenvalue weighted by Crippen LogP contribution is 2.56. The van der Waals surface area contributed by atoms with Gasteiger partial charge in [-0.1, -0.05) is 109 Å². The van der Waals surface area contributed by atoms with Gasteiger partial charge in [0.25, 0.3) is 0 Å². The fourth-order valence-corrected chi connectivity index (χ4v) is 6.40. The van der Waals surface area contributed by atoms with Gasteiger partial charge in [-0.25, -0.2) is 5.06 Å². The maximum atomic E-state index is 14.2. The second kappa shape index (κ2) is 10.4. The van der Waals surface area contributed by atoms with Gasteiger partial charge in [0.15, 0.2) is 11.4 Å². The fraction of sp³-hybridized carbons (Fsp3) is 0.242. The van der Waals surface area contributed by atoms with Crippen LogP contribution in [-0.4, -0.2) is 29.4 Å². The van der Waals surface area contributed by atoms with Crippen molar-refractivity contribution in [2.24, 2.45) is 0 Å². The Balaban J connectivity index is 1.52. The molecule has 0 bridgehead atoms. The van der Waals surface area contributed by atoms with E-state index in [-0.39, 0.29) is 23.8 Å². The molecule has 2 heterocycles. The summed E-state index contributed by atoms with van der Waals surface area (Å²) in [5, 5.41) is 2.61. The number of ketones is 1. The molecule has 4 aromatic rings. The molecule has 4 nitrogen and oxygen atoms in total. The van der Waals surface area contributed by atoms with E-state index >= 15 is 0 Å². The summed E-state index contributed by atoms with van der Waals surface area (Å²) in [6, 6.07) is 38.7. The number of nitrogens with zero attached hydrogens (tertiary/aromatic N) is 2. The van der Waals surface area contributed by atoms with Gasteiger partial charge < -0.3 is 0 Å². The molecule has 38 heavy (non-hydrogen) atoms. The first-order valence-corrected chi connectivity index (χ1v) is 13.6. The van der Waals surface area contributed by atoms with Crippen molar-refractivity contribution in [1.82, 2.24) is 4.90 Å². The number of hydrogen-bond donors (Lipinski definition) is 0. The Bertz CT molecular complexity index is 1400. The Hall–Kier alpha value is -3.44. The molecule has 0 aliphatic carbocycles. The van der Waals surface area contributed by atoms with Gasteiger partial charge in [-0.3, -0.25) is 14.5 Å². The molecule has 2 aliphatic heterocycles. The Kier molecular flexibility index (Phi) is 6.79. The standard InChI is InChI=1S/C33H31ClN2O2/c1-24(25-13-5-2-6-14-25)35-22-21-30(37)33(23-35)31(28-19-11-12-20-29(28)34)32(26-15-7-3-8-16-26)36(38-33)27-17-9-4-10-18-27/h2-20,24,31-32H,21-23H2,1H3/t24-,31+,32-,33-/m1/s1. The van der Waals surface area contributed by atoms with E-state index in [9.17, 15) is 4.79 Å². The van der Waals surface area contributed by atoms with Gasteiger partial charge in [-0.2, -0.15) is 0 Å². The average molecular weight is 523 g/mol. The van der Waals surface area contributed by atoms with Gasteiger partial charge >= 0.3 is 0 Å². The number of Topliss-reactive ketones (excluding diaryl/α,β-unsaturated/α-hetero) is 1. The molecule has 1 spiro atoms. The van der Waals surface area contributed by atoms with E-state index in [1.54, 1.807) is 0 Å². The summed E-state index contributed by atoms with van der Waals surface area (Å²) < 4.78 is 0. The predicted octanol–water partition coefficient (Wildman–Crippen LogP) is 7.39. The van der Waals surface area contributed by atoms with Gasteiger partial charge in [-0.05, 0) is 41.8 Å². The third kappa shape index (κ3) is 4.33. The van der Waals surface area contributed by atoms with E-state index < -0.39 is 5.60 Å². The Morgan fingerprint density at radius 1 is 0.842 bits per heavy atom. The minimum absolute atomic E-state index is 0.123. The normalized spacial score (nSPS) is 24.6. The largest absolute Gasteiger partial charge is 0.296 e. The maximum Gasteiger partial charge on any atom is 0.176 e. The summed E-state index contributed by atoms with van der Waals surface area (Å²) in [4.78, 5) is 23.5. The van der Waals surface area contributed by atoms with Crippen molar-refractivity contribution in [3.63, 3.8) is 0 Å². The molecule has 0 amide bonds. The van der Waals surface area contributed by atoms with Crippen LogP contribution in [0.1, 0.15) is 48.0 Å². The quantitative estimate of drug-likeness (QED) is 0.273. The first-order chi connectivity index (χ1) is 18.6. The van der Waals surface area contributed by atoms with Gasteiger partial charge in [0.2, 0.25) is 0 Å². The number of carbonyl (C=O) groups excluding carboxylic acids is 1. The van der Waals surface area contributed by atoms with Crippen LogP contribution in [0, 0.1) is 0 Å². The van der Waals surface area contributed by atoms with Crippen LogP contribution < -0.4 is 5.06 Å². The molecule has 2 saturated heterocycles. The molecule has 0 unspecified atom stereocenters. The van der Waals surface area contributed by atoms with E-state index in [0.717, 1.165) is 16.8 Å². The van der Waals surface area contributed by atoms with Crippen LogP contribution in [0.15, 0.2) is 115 Å². The summed E-state index contributed by atoms with van der Waals surface area (Å²) in [6.45, 7) is 3.38. The molecular formula is C33H31ClN2O2. The molecule has 0 saturated carbocycles. The average Bonchev–Trinajstić information content (AvgIpc) is 3.31. The number of rotatable bonds is 5. The minimum atomic E-state index is -1.09. The number of benzene rings is 4. The van der Waals surface area contributed by atoms with E-state index in [4.69, 9.17) is 16.4 Å². The topological polar surface area (TPSA) is 32.8 Å². The van der Waals surface area contributed by atoms with Crippen molar-refractivity contribution in [1.29, 1.82) is 0 Å². The van der Waals surface area contributed by atoms with E-state index in [1.165, 1.54) is 5.56 Å². The van der Waals surface area contributed by atoms with Crippen LogP contribution in [0.25, 0.3) is 0 Å². The second-order valence-electron chi connectivity index (χ2n) is 10.2. The van der Waals surface area contributed by atoms with Crippen molar-refractivity contribution in [3.05, 3.63) is 137 Å². The van der Waals surface area contributed by atoms with Crippen molar-refractivity contribution in [2.45, 2.75) is 36.9 Å². The molecule has 4 atom stereocenters. The highest BCUT2D eigenvalue weighted by Gasteiger charge is 2.62. The van der Waals surface area contributed by atoms with Crippen LogP contribution in [0.2, 0.25) is 5.02 Å². The zero-order valence-corrected chi connectivity index (χ0v) is 22.2. The number of hydrogen-bond acceptors (Lipinski definition) is 4. The van der Waals surface area contributed by atoms with E-state index in [0.29, 0.717) is 24.5 Å². The lowest BCUT2D eigenvalue weighted by molar-refractivity contribution is -0.151. The first-order valence-electron chi connectivity index (χ1n) is 13.2. The second-order valence-corrected chi connectivity index (χ2v) is 10.6. The maximum absolute atomic E-state index is 14.2. The Morgan fingerprint density at radius 3 is 2.13 bits per heavy atom.